The van der Waals surface area contributed by atoms with E-state index in [1.165, 1.54) is 26.4 Å². The molecule has 0 aliphatic carbocycles. The molecule has 0 spiro atoms. The third kappa shape index (κ3) is 1.18. The predicted octanol–water partition coefficient (Wildman–Crippen LogP) is 1.96. The van der Waals surface area contributed by atoms with Crippen LogP contribution in [0.3, 0.4) is 0 Å². The maximum Gasteiger partial charge on any atom is 0.121 e. The lowest BCUT2D eigenvalue weighted by Crippen LogP contribution is -1.95. The van der Waals surface area contributed by atoms with Gasteiger partial charge in [0.05, 0.1) is 5.69 Å². The van der Waals surface area contributed by atoms with E-state index in [2.05, 4.69) is 18.9 Å². The van der Waals surface area contributed by atoms with E-state index in [1.807, 2.05) is 11.7 Å². The van der Waals surface area contributed by atoms with E-state index in [9.17, 15) is 0 Å². The van der Waals surface area contributed by atoms with E-state index in [1.54, 1.807) is 11.3 Å². The fourth-order valence-electron chi connectivity index (χ4n) is 1.83. The first-order valence-electron chi connectivity index (χ1n) is 4.83. The van der Waals surface area contributed by atoms with E-state index < -0.39 is 0 Å². The molecule has 2 rings (SSSR count). The largest absolute Gasteiger partial charge is 0.326 e. The minimum Gasteiger partial charge on any atom is -0.326 e. The minimum atomic E-state index is 0.633. The van der Waals surface area contributed by atoms with Crippen LogP contribution in [0.15, 0.2) is 0 Å². The van der Waals surface area contributed by atoms with Crippen molar-refractivity contribution in [3.8, 4) is 0 Å². The number of thiophene rings is 1. The predicted molar refractivity (Wildman–Crippen MR) is 60.6 cm³/mol. The van der Waals surface area contributed by atoms with Crippen molar-refractivity contribution in [2.75, 3.05) is 0 Å². The topological polar surface area (TPSA) is 43.8 Å². The highest BCUT2D eigenvalue weighted by molar-refractivity contribution is 7.18. The summed E-state index contributed by atoms with van der Waals surface area (Å²) >= 11 is 1.76. The number of nitrogens with two attached hydrogens (primary N) is 1. The first-order valence-corrected chi connectivity index (χ1v) is 5.64. The number of hydrogen-bond donors (Lipinski definition) is 1. The molecule has 0 aliphatic rings. The van der Waals surface area contributed by atoms with Gasteiger partial charge in [-0.1, -0.05) is 6.92 Å². The molecule has 0 saturated carbocycles. The van der Waals surface area contributed by atoms with Gasteiger partial charge in [-0.2, -0.15) is 5.10 Å². The molecule has 0 atom stereocenters. The Kier molecular flexibility index (Phi) is 2.33. The lowest BCUT2D eigenvalue weighted by atomic mass is 10.1. The molecular weight excluding hydrogens is 194 g/mol. The Morgan fingerprint density at radius 1 is 1.50 bits per heavy atom. The number of rotatable bonds is 2. The van der Waals surface area contributed by atoms with Crippen LogP contribution >= 0.6 is 11.3 Å². The maximum absolute atomic E-state index is 5.70. The van der Waals surface area contributed by atoms with E-state index in [0.29, 0.717) is 6.54 Å². The van der Waals surface area contributed by atoms with Crippen molar-refractivity contribution >= 4 is 21.6 Å². The van der Waals surface area contributed by atoms with Gasteiger partial charge in [0.2, 0.25) is 0 Å². The summed E-state index contributed by atoms with van der Waals surface area (Å²) < 4.78 is 1.96. The van der Waals surface area contributed by atoms with Crippen LogP contribution in [-0.2, 0) is 20.0 Å². The Hall–Kier alpha value is -0.870. The van der Waals surface area contributed by atoms with E-state index in [0.717, 1.165) is 6.42 Å². The van der Waals surface area contributed by atoms with Crippen LogP contribution in [-0.4, -0.2) is 9.78 Å². The van der Waals surface area contributed by atoms with Crippen LogP contribution < -0.4 is 5.73 Å². The molecule has 2 aromatic rings. The fourth-order valence-corrected chi connectivity index (χ4v) is 2.95. The van der Waals surface area contributed by atoms with Crippen LogP contribution in [0.5, 0.6) is 0 Å². The zero-order valence-corrected chi connectivity index (χ0v) is 9.61. The van der Waals surface area contributed by atoms with Gasteiger partial charge in [0.1, 0.15) is 4.83 Å². The molecule has 0 fully saturated rings. The Bertz CT molecular complexity index is 467. The number of aryl methyl sites for hydroxylation is 3. The average Bonchev–Trinajstić information content (AvgIpc) is 2.66. The van der Waals surface area contributed by atoms with Gasteiger partial charge in [-0.25, -0.2) is 0 Å². The molecule has 3 nitrogen and oxygen atoms in total. The molecular formula is C10H15N3S. The fraction of sp³-hybridized carbons (Fsp3) is 0.500. The summed E-state index contributed by atoms with van der Waals surface area (Å²) in [7, 11) is 2.00. The van der Waals surface area contributed by atoms with E-state index in [4.69, 9.17) is 5.73 Å². The van der Waals surface area contributed by atoms with Crippen LogP contribution in [0.25, 0.3) is 10.2 Å². The molecule has 76 valence electrons. The molecule has 0 saturated heterocycles. The van der Waals surface area contributed by atoms with E-state index in [-0.39, 0.29) is 0 Å². The van der Waals surface area contributed by atoms with Crippen LogP contribution in [0.2, 0.25) is 0 Å². The number of nitrogens with zero attached hydrogens (tertiary/aromatic N) is 2. The summed E-state index contributed by atoms with van der Waals surface area (Å²) in [4.78, 5) is 2.53. The number of aromatic nitrogens is 2. The Balaban J connectivity index is 2.79. The van der Waals surface area contributed by atoms with Gasteiger partial charge in [-0.15, -0.1) is 11.3 Å². The van der Waals surface area contributed by atoms with Gasteiger partial charge in [0.25, 0.3) is 0 Å². The molecule has 2 aromatic heterocycles. The Labute approximate surface area is 87.5 Å². The van der Waals surface area contributed by atoms with Crippen LogP contribution in [0.1, 0.15) is 23.1 Å². The first kappa shape index (κ1) is 9.68. The molecule has 2 N–H and O–H groups in total. The molecule has 0 unspecified atom stereocenters. The minimum absolute atomic E-state index is 0.633. The first-order chi connectivity index (χ1) is 6.69. The maximum atomic E-state index is 5.70. The summed E-state index contributed by atoms with van der Waals surface area (Å²) in [6, 6.07) is 0. The highest BCUT2D eigenvalue weighted by Crippen LogP contribution is 2.32. The molecule has 0 radical (unpaired) electrons. The van der Waals surface area contributed by atoms with E-state index >= 15 is 0 Å². The number of hydrogen-bond acceptors (Lipinski definition) is 3. The standard InChI is InChI=1S/C10H15N3S/c1-4-7-9-6(2)8(5-11)14-10(9)13(3)12-7/h4-5,11H2,1-3H3. The molecule has 2 heterocycles. The summed E-state index contributed by atoms with van der Waals surface area (Å²) in [5.74, 6) is 0. The van der Waals surface area contributed by atoms with Gasteiger partial charge >= 0.3 is 0 Å². The van der Waals surface area contributed by atoms with Crippen molar-refractivity contribution in [2.45, 2.75) is 26.8 Å². The molecule has 4 heteroatoms. The second-order valence-electron chi connectivity index (χ2n) is 3.46. The molecule has 14 heavy (non-hydrogen) atoms. The highest BCUT2D eigenvalue weighted by atomic mass is 32.1. The second-order valence-corrected chi connectivity index (χ2v) is 4.54. The summed E-state index contributed by atoms with van der Waals surface area (Å²) in [5.41, 5.74) is 8.20. The summed E-state index contributed by atoms with van der Waals surface area (Å²) in [5, 5.41) is 5.81. The Morgan fingerprint density at radius 3 is 2.79 bits per heavy atom. The lowest BCUT2D eigenvalue weighted by Gasteiger charge is -1.94. The van der Waals surface area contributed by atoms with Gasteiger partial charge < -0.3 is 5.73 Å². The van der Waals surface area contributed by atoms with Crippen LogP contribution in [0, 0.1) is 6.92 Å². The summed E-state index contributed by atoms with van der Waals surface area (Å²) in [6.07, 6.45) is 0.985. The van der Waals surface area contributed by atoms with Crippen molar-refractivity contribution in [3.63, 3.8) is 0 Å². The third-order valence-electron chi connectivity index (χ3n) is 2.60. The molecule has 0 aliphatic heterocycles. The zero-order chi connectivity index (χ0) is 10.3. The molecule has 0 bridgehead atoms. The highest BCUT2D eigenvalue weighted by Gasteiger charge is 2.15. The molecule has 0 amide bonds. The molecule has 0 aromatic carbocycles. The third-order valence-corrected chi connectivity index (χ3v) is 3.98. The van der Waals surface area contributed by atoms with Crippen molar-refractivity contribution in [2.24, 2.45) is 12.8 Å². The summed E-state index contributed by atoms with van der Waals surface area (Å²) in [6.45, 7) is 4.91. The van der Waals surface area contributed by atoms with Crippen LogP contribution in [0.4, 0.5) is 0 Å². The van der Waals surface area contributed by atoms with Gasteiger partial charge in [-0.05, 0) is 18.9 Å². The monoisotopic (exact) mass is 209 g/mol. The second kappa shape index (κ2) is 3.37. The smallest absolute Gasteiger partial charge is 0.121 e. The van der Waals surface area contributed by atoms with Gasteiger partial charge in [0.15, 0.2) is 0 Å². The van der Waals surface area contributed by atoms with Crippen molar-refractivity contribution in [1.82, 2.24) is 9.78 Å². The number of fused-ring (bicyclic) bond motifs is 1. The van der Waals surface area contributed by atoms with Crippen molar-refractivity contribution in [1.29, 1.82) is 0 Å². The SMILES string of the molecule is CCc1nn(C)c2sc(CN)c(C)c12. The zero-order valence-electron chi connectivity index (χ0n) is 8.79. The Morgan fingerprint density at radius 2 is 2.21 bits per heavy atom. The lowest BCUT2D eigenvalue weighted by molar-refractivity contribution is 0.774. The quantitative estimate of drug-likeness (QED) is 0.821. The van der Waals surface area contributed by atoms with Crippen molar-refractivity contribution in [3.05, 3.63) is 16.1 Å². The van der Waals surface area contributed by atoms with Gasteiger partial charge in [0, 0.05) is 23.9 Å². The van der Waals surface area contributed by atoms with Gasteiger partial charge in [-0.3, -0.25) is 4.68 Å². The normalized spacial score (nSPS) is 11.4. The van der Waals surface area contributed by atoms with Crippen molar-refractivity contribution < 1.29 is 0 Å². The average molecular weight is 209 g/mol.